The van der Waals surface area contributed by atoms with Crippen molar-refractivity contribution in [1.82, 2.24) is 0 Å². The van der Waals surface area contributed by atoms with Gasteiger partial charge in [0.2, 0.25) is 6.08 Å². The van der Waals surface area contributed by atoms with E-state index in [2.05, 4.69) is 32.7 Å². The molecule has 0 aliphatic carbocycles. The van der Waals surface area contributed by atoms with Crippen molar-refractivity contribution >= 4 is 6.08 Å². The van der Waals surface area contributed by atoms with E-state index in [9.17, 15) is 4.79 Å². The molecule has 0 aliphatic rings. The smallest absolute Gasteiger partial charge is 0.211 e. The van der Waals surface area contributed by atoms with Crippen LogP contribution in [0.4, 0.5) is 0 Å². The van der Waals surface area contributed by atoms with E-state index in [1.54, 1.807) is 6.08 Å². The van der Waals surface area contributed by atoms with Crippen LogP contribution >= 0.6 is 0 Å². The molecule has 0 saturated carbocycles. The van der Waals surface area contributed by atoms with E-state index in [1.165, 1.54) is 0 Å². The van der Waals surface area contributed by atoms with Gasteiger partial charge in [0.25, 0.3) is 0 Å². The highest BCUT2D eigenvalue weighted by atomic mass is 16.1. The van der Waals surface area contributed by atoms with Gasteiger partial charge >= 0.3 is 0 Å². The quantitative estimate of drug-likeness (QED) is 0.427. The molecule has 0 spiro atoms. The van der Waals surface area contributed by atoms with Crippen LogP contribution < -0.4 is 0 Å². The van der Waals surface area contributed by atoms with E-state index in [0.717, 1.165) is 0 Å². The predicted molar refractivity (Wildman–Crippen MR) is 41.6 cm³/mol. The van der Waals surface area contributed by atoms with Crippen molar-refractivity contribution in [3.05, 3.63) is 0 Å². The van der Waals surface area contributed by atoms with Gasteiger partial charge in [0.1, 0.15) is 0 Å². The first-order chi connectivity index (χ1) is 4.48. The van der Waals surface area contributed by atoms with Gasteiger partial charge in [-0.25, -0.2) is 9.79 Å². The number of hydrogen-bond donors (Lipinski definition) is 0. The first-order valence-electron chi connectivity index (χ1n) is 3.52. The Balaban J connectivity index is 3.84. The molecule has 10 heavy (non-hydrogen) atoms. The molecule has 0 aromatic carbocycles. The molecule has 0 unspecified atom stereocenters. The number of rotatable bonds is 2. The van der Waals surface area contributed by atoms with Gasteiger partial charge in [-0.2, -0.15) is 0 Å². The van der Waals surface area contributed by atoms with Crippen LogP contribution in [0, 0.1) is 11.3 Å². The molecule has 0 radical (unpaired) electrons. The van der Waals surface area contributed by atoms with E-state index in [1.807, 2.05) is 0 Å². The largest absolute Gasteiger partial charge is 0.234 e. The second kappa shape index (κ2) is 3.52. The van der Waals surface area contributed by atoms with Crippen molar-refractivity contribution in [1.29, 1.82) is 0 Å². The van der Waals surface area contributed by atoms with Gasteiger partial charge in [0.15, 0.2) is 0 Å². The van der Waals surface area contributed by atoms with Crippen LogP contribution in [0.2, 0.25) is 0 Å². The van der Waals surface area contributed by atoms with Crippen LogP contribution in [0.25, 0.3) is 0 Å². The summed E-state index contributed by atoms with van der Waals surface area (Å²) in [5.41, 5.74) is 0.236. The van der Waals surface area contributed by atoms with Crippen LogP contribution in [-0.4, -0.2) is 12.6 Å². The van der Waals surface area contributed by atoms with Gasteiger partial charge < -0.3 is 0 Å². The SMILES string of the molecule is C[C@H](CN=C=O)C(C)(C)C. The zero-order valence-electron chi connectivity index (χ0n) is 7.14. The lowest BCUT2D eigenvalue weighted by atomic mass is 9.82. The summed E-state index contributed by atoms with van der Waals surface area (Å²) >= 11 is 0. The Morgan fingerprint density at radius 1 is 1.50 bits per heavy atom. The molecule has 0 aliphatic heterocycles. The minimum absolute atomic E-state index is 0.236. The Hall–Kier alpha value is -0.620. The van der Waals surface area contributed by atoms with Crippen LogP contribution in [0.3, 0.4) is 0 Å². The molecule has 2 nitrogen and oxygen atoms in total. The molecule has 1 atom stereocenters. The van der Waals surface area contributed by atoms with Crippen LogP contribution in [0.1, 0.15) is 27.7 Å². The summed E-state index contributed by atoms with van der Waals surface area (Å²) in [6.45, 7) is 9.09. The number of nitrogens with zero attached hydrogens (tertiary/aromatic N) is 1. The lowest BCUT2D eigenvalue weighted by molar-refractivity contribution is 0.269. The maximum atomic E-state index is 9.74. The molecule has 0 heterocycles. The fourth-order valence-electron chi connectivity index (χ4n) is 0.448. The predicted octanol–water partition coefficient (Wildman–Crippen LogP) is 2.00. The summed E-state index contributed by atoms with van der Waals surface area (Å²) in [5, 5.41) is 0. The van der Waals surface area contributed by atoms with Crippen molar-refractivity contribution in [2.45, 2.75) is 27.7 Å². The first-order valence-corrected chi connectivity index (χ1v) is 3.52. The second-order valence-electron chi connectivity index (χ2n) is 3.70. The zero-order chi connectivity index (χ0) is 8.20. The molecule has 0 fully saturated rings. The maximum Gasteiger partial charge on any atom is 0.234 e. The number of aliphatic imine (C=N–C) groups is 1. The van der Waals surface area contributed by atoms with Crippen LogP contribution in [-0.2, 0) is 4.79 Å². The highest BCUT2D eigenvalue weighted by Gasteiger charge is 2.18. The molecule has 58 valence electrons. The maximum absolute atomic E-state index is 9.74. The van der Waals surface area contributed by atoms with E-state index in [4.69, 9.17) is 0 Å². The summed E-state index contributed by atoms with van der Waals surface area (Å²) in [7, 11) is 0. The fourth-order valence-corrected chi connectivity index (χ4v) is 0.448. The Morgan fingerprint density at radius 3 is 2.30 bits per heavy atom. The van der Waals surface area contributed by atoms with Gasteiger partial charge in [0, 0.05) is 0 Å². The molecule has 0 aromatic heterocycles. The van der Waals surface area contributed by atoms with E-state index >= 15 is 0 Å². The Kier molecular flexibility index (Phi) is 3.31. The first kappa shape index (κ1) is 9.38. The zero-order valence-corrected chi connectivity index (χ0v) is 7.14. The molecule has 0 N–H and O–H groups in total. The summed E-state index contributed by atoms with van der Waals surface area (Å²) in [4.78, 5) is 13.3. The summed E-state index contributed by atoms with van der Waals surface area (Å²) < 4.78 is 0. The second-order valence-corrected chi connectivity index (χ2v) is 3.70. The van der Waals surface area contributed by atoms with Crippen LogP contribution in [0.5, 0.6) is 0 Å². The van der Waals surface area contributed by atoms with Crippen LogP contribution in [0.15, 0.2) is 4.99 Å². The minimum Gasteiger partial charge on any atom is -0.211 e. The highest BCUT2D eigenvalue weighted by Crippen LogP contribution is 2.24. The van der Waals surface area contributed by atoms with Crippen molar-refractivity contribution in [3.8, 4) is 0 Å². The van der Waals surface area contributed by atoms with Gasteiger partial charge in [-0.05, 0) is 11.3 Å². The van der Waals surface area contributed by atoms with Gasteiger partial charge in [-0.3, -0.25) is 0 Å². The lowest BCUT2D eigenvalue weighted by Crippen LogP contribution is -2.19. The number of hydrogen-bond acceptors (Lipinski definition) is 2. The normalized spacial score (nSPS) is 14.0. The van der Waals surface area contributed by atoms with E-state index in [-0.39, 0.29) is 5.41 Å². The minimum atomic E-state index is 0.236. The molecule has 0 saturated heterocycles. The molecule has 0 rings (SSSR count). The molecule has 2 heteroatoms. The summed E-state index contributed by atoms with van der Waals surface area (Å²) in [5.74, 6) is 0.439. The van der Waals surface area contributed by atoms with Crippen molar-refractivity contribution in [2.75, 3.05) is 6.54 Å². The Labute approximate surface area is 62.4 Å². The average Bonchev–Trinajstić information content (AvgIpc) is 1.80. The van der Waals surface area contributed by atoms with Crippen molar-refractivity contribution < 1.29 is 4.79 Å². The third kappa shape index (κ3) is 3.41. The van der Waals surface area contributed by atoms with E-state index < -0.39 is 0 Å². The Bertz CT molecular complexity index is 140. The molecule has 0 bridgehead atoms. The molecular formula is C8H15NO. The van der Waals surface area contributed by atoms with Crippen molar-refractivity contribution in [2.24, 2.45) is 16.3 Å². The van der Waals surface area contributed by atoms with Gasteiger partial charge in [-0.15, -0.1) is 0 Å². The monoisotopic (exact) mass is 141 g/mol. The molecule has 0 amide bonds. The number of isocyanates is 1. The third-order valence-corrected chi connectivity index (χ3v) is 1.91. The average molecular weight is 141 g/mol. The fraction of sp³-hybridized carbons (Fsp3) is 0.875. The van der Waals surface area contributed by atoms with Gasteiger partial charge in [-0.1, -0.05) is 27.7 Å². The number of carbonyl (C=O) groups excluding carboxylic acids is 1. The Morgan fingerprint density at radius 2 is 2.00 bits per heavy atom. The molecule has 0 aromatic rings. The highest BCUT2D eigenvalue weighted by molar-refractivity contribution is 5.32. The van der Waals surface area contributed by atoms with E-state index in [0.29, 0.717) is 12.5 Å². The van der Waals surface area contributed by atoms with Gasteiger partial charge in [0.05, 0.1) is 6.54 Å². The third-order valence-electron chi connectivity index (χ3n) is 1.91. The topological polar surface area (TPSA) is 29.4 Å². The lowest BCUT2D eigenvalue weighted by Gasteiger charge is -2.24. The summed E-state index contributed by atoms with van der Waals surface area (Å²) in [6, 6.07) is 0. The molecular weight excluding hydrogens is 126 g/mol. The summed E-state index contributed by atoms with van der Waals surface area (Å²) in [6.07, 6.45) is 1.55. The standard InChI is InChI=1S/C8H15NO/c1-7(5-9-6-10)8(2,3)4/h7H,5H2,1-4H3/t7-/m1/s1. The van der Waals surface area contributed by atoms with Crippen molar-refractivity contribution in [3.63, 3.8) is 0 Å².